The highest BCUT2D eigenvalue weighted by molar-refractivity contribution is 6.30. The predicted molar refractivity (Wildman–Crippen MR) is 151 cm³/mol. The van der Waals surface area contributed by atoms with Gasteiger partial charge in [0.15, 0.2) is 17.3 Å². The van der Waals surface area contributed by atoms with Gasteiger partial charge in [-0.1, -0.05) is 36.2 Å². The molecule has 0 bridgehead atoms. The van der Waals surface area contributed by atoms with Crippen molar-refractivity contribution in [3.63, 3.8) is 0 Å². The third-order valence-corrected chi connectivity index (χ3v) is 8.24. The van der Waals surface area contributed by atoms with Crippen molar-refractivity contribution in [3.8, 4) is 11.5 Å². The molecule has 8 heteroatoms. The number of dihydropyridines is 1. The summed E-state index contributed by atoms with van der Waals surface area (Å²) < 4.78 is 16.9. The van der Waals surface area contributed by atoms with E-state index in [-0.39, 0.29) is 23.6 Å². The lowest BCUT2D eigenvalue weighted by Crippen LogP contribution is -2.37. The zero-order valence-electron chi connectivity index (χ0n) is 23.1. The van der Waals surface area contributed by atoms with Gasteiger partial charge in [0.05, 0.1) is 12.7 Å². The Morgan fingerprint density at radius 1 is 0.950 bits per heavy atom. The molecule has 0 spiro atoms. The maximum absolute atomic E-state index is 13.9. The van der Waals surface area contributed by atoms with Crippen LogP contribution in [0.3, 0.4) is 0 Å². The smallest absolute Gasteiger partial charge is 0.337 e. The number of nitrogens with one attached hydrogen (secondary N) is 1. The summed E-state index contributed by atoms with van der Waals surface area (Å²) in [5, 5.41) is 4.05. The Balaban J connectivity index is 1.56. The number of ether oxygens (including phenoxy) is 3. The van der Waals surface area contributed by atoms with Crippen LogP contribution in [0, 0.1) is 0 Å². The summed E-state index contributed by atoms with van der Waals surface area (Å²) in [6.07, 6.45) is 5.70. The molecule has 0 amide bonds. The van der Waals surface area contributed by atoms with Gasteiger partial charge in [0.1, 0.15) is 6.10 Å². The first-order valence-electron chi connectivity index (χ1n) is 13.8. The molecule has 0 radical (unpaired) electrons. The summed E-state index contributed by atoms with van der Waals surface area (Å²) in [4.78, 5) is 39.3. The molecule has 2 aliphatic carbocycles. The SMILES string of the molecule is COc1cc([C@H]2C(C(=O)OC3CCCCC3)=C(C)NC3=C2C(=O)C[C@H](c2ccc(Cl)cc2)C3)ccc1OC(C)=O. The Morgan fingerprint density at radius 3 is 2.33 bits per heavy atom. The highest BCUT2D eigenvalue weighted by atomic mass is 35.5. The molecule has 2 aromatic carbocycles. The molecule has 1 N–H and O–H groups in total. The highest BCUT2D eigenvalue weighted by Gasteiger charge is 2.42. The molecule has 40 heavy (non-hydrogen) atoms. The summed E-state index contributed by atoms with van der Waals surface area (Å²) in [5.74, 6) is -0.963. The fourth-order valence-electron chi connectivity index (χ4n) is 6.11. The third kappa shape index (κ3) is 5.80. The topological polar surface area (TPSA) is 90.9 Å². The van der Waals surface area contributed by atoms with Crippen molar-refractivity contribution < 1.29 is 28.6 Å². The van der Waals surface area contributed by atoms with Crippen LogP contribution in [0.2, 0.25) is 5.02 Å². The third-order valence-electron chi connectivity index (χ3n) is 7.99. The Morgan fingerprint density at radius 2 is 1.65 bits per heavy atom. The van der Waals surface area contributed by atoms with Crippen LogP contribution in [-0.2, 0) is 19.1 Å². The number of carbonyl (C=O) groups excluding carboxylic acids is 3. The average Bonchev–Trinajstić information content (AvgIpc) is 2.93. The first-order valence-corrected chi connectivity index (χ1v) is 14.2. The maximum atomic E-state index is 13.9. The number of allylic oxidation sites excluding steroid dienone is 3. The Labute approximate surface area is 239 Å². The molecule has 0 saturated heterocycles. The molecule has 2 atom stereocenters. The lowest BCUT2D eigenvalue weighted by molar-refractivity contribution is -0.146. The summed E-state index contributed by atoms with van der Waals surface area (Å²) in [5.41, 5.74) is 4.18. The fourth-order valence-corrected chi connectivity index (χ4v) is 6.24. The van der Waals surface area contributed by atoms with Crippen LogP contribution in [-0.4, -0.2) is 30.9 Å². The minimum Gasteiger partial charge on any atom is -0.493 e. The van der Waals surface area contributed by atoms with E-state index in [1.807, 2.05) is 31.2 Å². The molecule has 1 saturated carbocycles. The van der Waals surface area contributed by atoms with E-state index in [1.54, 1.807) is 18.2 Å². The largest absolute Gasteiger partial charge is 0.493 e. The van der Waals surface area contributed by atoms with E-state index in [2.05, 4.69) is 5.32 Å². The standard InChI is InChI=1S/C32H34ClNO6/c1-18-29(32(37)40-24-7-5-4-6-8-24)30(21-11-14-27(39-19(2)35)28(17-21)38-3)31-25(34-18)15-22(16-26(31)36)20-9-12-23(33)13-10-20/h9-14,17,22,24,30,34H,4-8,15-16H2,1-3H3/t22-,30+/m1/s1. The van der Waals surface area contributed by atoms with Gasteiger partial charge in [0.2, 0.25) is 0 Å². The van der Waals surface area contributed by atoms with Crippen LogP contribution in [0.15, 0.2) is 65.0 Å². The molecule has 1 fully saturated rings. The molecule has 7 nitrogen and oxygen atoms in total. The second-order valence-corrected chi connectivity index (χ2v) is 11.2. The van der Waals surface area contributed by atoms with Crippen molar-refractivity contribution in [3.05, 3.63) is 81.2 Å². The van der Waals surface area contributed by atoms with Crippen LogP contribution in [0.25, 0.3) is 0 Å². The number of benzene rings is 2. The molecule has 0 unspecified atom stereocenters. The monoisotopic (exact) mass is 563 g/mol. The number of esters is 2. The number of halogens is 1. The molecular weight excluding hydrogens is 530 g/mol. The van der Waals surface area contributed by atoms with Crippen LogP contribution in [0.5, 0.6) is 11.5 Å². The highest BCUT2D eigenvalue weighted by Crippen LogP contribution is 2.47. The number of Topliss-reactive ketones (excluding diaryl/α,β-unsaturated/α-hetero) is 1. The molecule has 0 aromatic heterocycles. The Bertz CT molecular complexity index is 1390. The number of ketones is 1. The second-order valence-electron chi connectivity index (χ2n) is 10.7. The van der Waals surface area contributed by atoms with Crippen LogP contribution < -0.4 is 14.8 Å². The number of carbonyl (C=O) groups is 3. The summed E-state index contributed by atoms with van der Waals surface area (Å²) in [6, 6.07) is 12.7. The van der Waals surface area contributed by atoms with E-state index < -0.39 is 17.9 Å². The first kappa shape index (κ1) is 28.0. The van der Waals surface area contributed by atoms with E-state index >= 15 is 0 Å². The molecule has 3 aliphatic rings. The predicted octanol–water partition coefficient (Wildman–Crippen LogP) is 6.51. The van der Waals surface area contributed by atoms with Gasteiger partial charge >= 0.3 is 11.9 Å². The zero-order valence-corrected chi connectivity index (χ0v) is 23.8. The van der Waals surface area contributed by atoms with Gasteiger partial charge in [-0.15, -0.1) is 0 Å². The van der Waals surface area contributed by atoms with Gasteiger partial charge in [-0.05, 0) is 80.3 Å². The van der Waals surface area contributed by atoms with Crippen molar-refractivity contribution in [2.45, 2.75) is 76.7 Å². The van der Waals surface area contributed by atoms with Gasteiger partial charge < -0.3 is 19.5 Å². The van der Waals surface area contributed by atoms with Crippen molar-refractivity contribution in [2.24, 2.45) is 0 Å². The van der Waals surface area contributed by atoms with Crippen molar-refractivity contribution in [1.29, 1.82) is 0 Å². The van der Waals surface area contributed by atoms with Crippen LogP contribution >= 0.6 is 11.6 Å². The fraction of sp³-hybridized carbons (Fsp3) is 0.406. The number of rotatable bonds is 6. The van der Waals surface area contributed by atoms with E-state index in [4.69, 9.17) is 25.8 Å². The normalized spacial score (nSPS) is 21.4. The first-order chi connectivity index (χ1) is 19.2. The molecule has 1 aliphatic heterocycles. The number of hydrogen-bond donors (Lipinski definition) is 1. The summed E-state index contributed by atoms with van der Waals surface area (Å²) in [6.45, 7) is 3.18. The summed E-state index contributed by atoms with van der Waals surface area (Å²) in [7, 11) is 1.49. The quantitative estimate of drug-likeness (QED) is 0.316. The molecule has 210 valence electrons. The van der Waals surface area contributed by atoms with Gasteiger partial charge in [0.25, 0.3) is 0 Å². The van der Waals surface area contributed by atoms with E-state index in [9.17, 15) is 14.4 Å². The van der Waals surface area contributed by atoms with Crippen LogP contribution in [0.4, 0.5) is 0 Å². The number of methoxy groups -OCH3 is 1. The second kappa shape index (κ2) is 11.9. The Kier molecular flexibility index (Phi) is 8.31. The van der Waals surface area contributed by atoms with Gasteiger partial charge in [-0.25, -0.2) is 4.79 Å². The van der Waals surface area contributed by atoms with Crippen molar-refractivity contribution in [2.75, 3.05) is 7.11 Å². The molecule has 1 heterocycles. The minimum absolute atomic E-state index is 0.0129. The van der Waals surface area contributed by atoms with Crippen molar-refractivity contribution >= 4 is 29.3 Å². The van der Waals surface area contributed by atoms with Crippen molar-refractivity contribution in [1.82, 2.24) is 5.32 Å². The zero-order chi connectivity index (χ0) is 28.4. The maximum Gasteiger partial charge on any atom is 0.337 e. The molecule has 5 rings (SSSR count). The van der Waals surface area contributed by atoms with E-state index in [0.717, 1.165) is 43.4 Å². The lowest BCUT2D eigenvalue weighted by Gasteiger charge is -2.37. The van der Waals surface area contributed by atoms with Gasteiger partial charge in [-0.3, -0.25) is 9.59 Å². The summed E-state index contributed by atoms with van der Waals surface area (Å²) >= 11 is 6.10. The molecule has 2 aromatic rings. The van der Waals surface area contributed by atoms with E-state index in [0.29, 0.717) is 46.0 Å². The van der Waals surface area contributed by atoms with Gasteiger partial charge in [0, 0.05) is 41.3 Å². The van der Waals surface area contributed by atoms with Gasteiger partial charge in [-0.2, -0.15) is 0 Å². The minimum atomic E-state index is -0.647. The number of hydrogen-bond acceptors (Lipinski definition) is 7. The average molecular weight is 564 g/mol. The van der Waals surface area contributed by atoms with Crippen LogP contribution in [0.1, 0.15) is 81.8 Å². The lowest BCUT2D eigenvalue weighted by atomic mass is 9.71. The van der Waals surface area contributed by atoms with E-state index in [1.165, 1.54) is 14.0 Å². The Hall–Kier alpha value is -3.58. The molecular formula is C32H34ClNO6.